The molecule has 2 saturated carbocycles. The first-order valence-corrected chi connectivity index (χ1v) is 23.5. The molecule has 2 aliphatic carbocycles. The van der Waals surface area contributed by atoms with Gasteiger partial charge in [-0.3, -0.25) is 24.0 Å². The van der Waals surface area contributed by atoms with E-state index in [1.807, 2.05) is 39.8 Å². The number of amides is 3. The van der Waals surface area contributed by atoms with Gasteiger partial charge in [0.2, 0.25) is 31.9 Å². The van der Waals surface area contributed by atoms with E-state index in [-0.39, 0.29) is 62.2 Å². The number of hydrogen-bond acceptors (Lipinski definition) is 10. The number of halogens is 1. The Balaban J connectivity index is 1.14. The van der Waals surface area contributed by atoms with Crippen molar-refractivity contribution in [3.8, 4) is 0 Å². The second-order valence-electron chi connectivity index (χ2n) is 17.6. The summed E-state index contributed by atoms with van der Waals surface area (Å²) in [5.41, 5.74) is 0.456. The number of sulfonamides is 2. The van der Waals surface area contributed by atoms with Crippen LogP contribution in [0.3, 0.4) is 0 Å². The van der Waals surface area contributed by atoms with Crippen LogP contribution in [0.1, 0.15) is 82.9 Å². The van der Waals surface area contributed by atoms with E-state index in [1.165, 1.54) is 20.2 Å². The maximum Gasteiger partial charge on any atom is 0.410 e. The summed E-state index contributed by atoms with van der Waals surface area (Å²) in [5.74, 6) is -2.42. The number of morpholine rings is 1. The number of carbonyl (C=O) groups excluding carboxylic acids is 4. The van der Waals surface area contributed by atoms with E-state index < -0.39 is 72.0 Å². The molecule has 4 fully saturated rings. The van der Waals surface area contributed by atoms with Crippen molar-refractivity contribution in [3.63, 3.8) is 0 Å². The molecule has 2 aromatic carbocycles. The van der Waals surface area contributed by atoms with Gasteiger partial charge in [0.05, 0.1) is 47.9 Å². The van der Waals surface area contributed by atoms with Gasteiger partial charge in [0.15, 0.2) is 5.78 Å². The van der Waals surface area contributed by atoms with Crippen LogP contribution in [0.2, 0.25) is 5.02 Å². The number of nitrogens with one attached hydrogen (secondary N) is 1. The molecule has 3 heterocycles. The molecular weight excluding hydrogens is 808 g/mol. The van der Waals surface area contributed by atoms with Crippen molar-refractivity contribution >= 4 is 55.3 Å². The highest BCUT2D eigenvalue weighted by molar-refractivity contribution is 7.91. The summed E-state index contributed by atoms with van der Waals surface area (Å²) in [5, 5.41) is -0.0720. The molecule has 2 saturated heterocycles. The highest BCUT2D eigenvalue weighted by Gasteiger charge is 2.62. The van der Waals surface area contributed by atoms with Gasteiger partial charge < -0.3 is 14.4 Å². The van der Waals surface area contributed by atoms with E-state index in [4.69, 9.17) is 21.1 Å². The zero-order valence-corrected chi connectivity index (χ0v) is 35.8. The molecule has 0 radical (unpaired) electrons. The first kappa shape index (κ1) is 42.6. The molecular formula is C41H53ClN4O10S2. The first-order valence-electron chi connectivity index (χ1n) is 20.1. The normalized spacial score (nSPS) is 25.6. The van der Waals surface area contributed by atoms with Crippen LogP contribution in [0.25, 0.3) is 0 Å². The van der Waals surface area contributed by atoms with E-state index in [0.717, 1.165) is 11.1 Å². The van der Waals surface area contributed by atoms with Crippen LogP contribution in [-0.2, 0) is 63.4 Å². The molecule has 58 heavy (non-hydrogen) atoms. The molecule has 3 amide bonds. The molecule has 0 aromatic heterocycles. The van der Waals surface area contributed by atoms with Crippen LogP contribution in [0.15, 0.2) is 47.4 Å². The Hall–Kier alpha value is -3.57. The van der Waals surface area contributed by atoms with Gasteiger partial charge in [-0.25, -0.2) is 21.6 Å². The number of ketones is 1. The first-order chi connectivity index (χ1) is 27.3. The van der Waals surface area contributed by atoms with E-state index in [9.17, 15) is 36.0 Å². The Kier molecular flexibility index (Phi) is 11.8. The molecule has 5 aliphatic rings. The van der Waals surface area contributed by atoms with Gasteiger partial charge in [-0.2, -0.15) is 4.31 Å². The topological polar surface area (TPSA) is 177 Å². The van der Waals surface area contributed by atoms with Crippen molar-refractivity contribution < 1.29 is 45.5 Å². The molecule has 5 atom stereocenters. The molecule has 1 N–H and O–H groups in total. The summed E-state index contributed by atoms with van der Waals surface area (Å²) in [6, 6.07) is 11.0. The van der Waals surface area contributed by atoms with Gasteiger partial charge in [-0.15, -0.1) is 0 Å². The number of nitrogens with zero attached hydrogens (tertiary/aromatic N) is 3. The Bertz CT molecular complexity index is 2180. The van der Waals surface area contributed by atoms with Crippen molar-refractivity contribution in [3.05, 3.63) is 64.2 Å². The summed E-state index contributed by atoms with van der Waals surface area (Å²) >= 11 is 6.40. The second kappa shape index (κ2) is 16.1. The van der Waals surface area contributed by atoms with Gasteiger partial charge in [-0.1, -0.05) is 70.0 Å². The minimum Gasteiger partial charge on any atom is -0.444 e. The third kappa shape index (κ3) is 8.68. The third-order valence-corrected chi connectivity index (χ3v) is 16.6. The monoisotopic (exact) mass is 860 g/mol. The summed E-state index contributed by atoms with van der Waals surface area (Å²) in [4.78, 5) is 59.8. The third-order valence-electron chi connectivity index (χ3n) is 12.5. The summed E-state index contributed by atoms with van der Waals surface area (Å²) in [6.07, 6.45) is 0.275. The van der Waals surface area contributed by atoms with Crippen LogP contribution in [0, 0.1) is 22.7 Å². The lowest BCUT2D eigenvalue weighted by Gasteiger charge is -2.35. The minimum atomic E-state index is -3.86. The molecule has 0 spiro atoms. The average molecular weight is 861 g/mol. The van der Waals surface area contributed by atoms with Crippen molar-refractivity contribution in [1.82, 2.24) is 18.8 Å². The van der Waals surface area contributed by atoms with Crippen LogP contribution in [0.4, 0.5) is 4.79 Å². The molecule has 7 rings (SSSR count). The average Bonchev–Trinajstić information content (AvgIpc) is 4.07. The number of fused-ring (bicyclic) bond motifs is 1. The lowest BCUT2D eigenvalue weighted by atomic mass is 9.76. The highest BCUT2D eigenvalue weighted by atomic mass is 35.5. The summed E-state index contributed by atoms with van der Waals surface area (Å²) < 4.78 is 67.7. The predicted octanol–water partition coefficient (Wildman–Crippen LogP) is 4.67. The Morgan fingerprint density at radius 3 is 2.36 bits per heavy atom. The number of benzene rings is 2. The van der Waals surface area contributed by atoms with Gasteiger partial charge in [0, 0.05) is 43.4 Å². The van der Waals surface area contributed by atoms with Crippen molar-refractivity contribution in [2.24, 2.45) is 22.7 Å². The van der Waals surface area contributed by atoms with Gasteiger partial charge in [0.1, 0.15) is 6.10 Å². The van der Waals surface area contributed by atoms with E-state index in [1.54, 1.807) is 24.3 Å². The summed E-state index contributed by atoms with van der Waals surface area (Å²) in [7, 11) is -7.67. The van der Waals surface area contributed by atoms with Gasteiger partial charge in [0.25, 0.3) is 0 Å². The van der Waals surface area contributed by atoms with E-state index in [0.29, 0.717) is 56.0 Å². The molecule has 14 nitrogen and oxygen atoms in total. The molecule has 316 valence electrons. The zero-order valence-electron chi connectivity index (χ0n) is 33.4. The van der Waals surface area contributed by atoms with Gasteiger partial charge >= 0.3 is 6.09 Å². The number of hydrogen-bond donors (Lipinski definition) is 1. The number of rotatable bonds is 13. The minimum absolute atomic E-state index is 0.00311. The second-order valence-corrected chi connectivity index (χ2v) is 21.9. The summed E-state index contributed by atoms with van der Waals surface area (Å²) in [6.45, 7) is 9.14. The standard InChI is InChI=1S/C41H53ClN4O10S2/c1-5-28-21-41(28,38(49)43-57(51,52)30-12-13-30)22-36(47)35-20-29(56-39(50)44-23-27-9-7-11-34(42)32(27)25-44)24-46(35)37(48)33(40(2,3)4)19-26-8-6-10-31(18-26)58(53,54)45-14-16-55-17-15-45/h6-11,18,28-30,33,35H,5,12-17,19-25H2,1-4H3,(H,43,49)/t28-,29-,33-,35+,41-/m1/s1. The van der Waals surface area contributed by atoms with E-state index in [2.05, 4.69) is 4.72 Å². The number of Topliss-reactive ketones (excluding diaryl/α,β-unsaturated/α-hetero) is 1. The SMILES string of the molecule is CC[C@@H]1C[C@]1(CC(=O)[C@@H]1C[C@@H](OC(=O)N2Cc3cccc(Cl)c3C2)CN1C(=O)[C@@H](Cc1cccc(S(=O)(=O)N2CCOCC2)c1)C(C)(C)C)C(=O)NS(=O)(=O)C1CC1. The molecule has 2 aromatic rings. The largest absolute Gasteiger partial charge is 0.444 e. The van der Waals surface area contributed by atoms with Crippen molar-refractivity contribution in [1.29, 1.82) is 0 Å². The van der Waals surface area contributed by atoms with Crippen LogP contribution < -0.4 is 4.72 Å². The van der Waals surface area contributed by atoms with Crippen LogP contribution in [0.5, 0.6) is 0 Å². The van der Waals surface area contributed by atoms with Crippen LogP contribution >= 0.6 is 11.6 Å². The molecule has 0 unspecified atom stereocenters. The smallest absolute Gasteiger partial charge is 0.410 e. The lowest BCUT2D eigenvalue weighted by Crippen LogP contribution is -2.48. The Morgan fingerprint density at radius 2 is 1.72 bits per heavy atom. The van der Waals surface area contributed by atoms with E-state index >= 15 is 0 Å². The zero-order chi connectivity index (χ0) is 41.8. The fraction of sp³-hybridized carbons (Fsp3) is 0.610. The number of carbonyl (C=O) groups is 4. The van der Waals surface area contributed by atoms with Crippen molar-refractivity contribution in [2.75, 3.05) is 32.8 Å². The van der Waals surface area contributed by atoms with Crippen molar-refractivity contribution in [2.45, 2.75) is 108 Å². The van der Waals surface area contributed by atoms with Gasteiger partial charge in [-0.05, 0) is 71.9 Å². The number of ether oxygens (including phenoxy) is 2. The Labute approximate surface area is 346 Å². The van der Waals surface area contributed by atoms with Crippen LogP contribution in [-0.4, -0.2) is 105 Å². The lowest BCUT2D eigenvalue weighted by molar-refractivity contribution is -0.144. The molecule has 0 bridgehead atoms. The number of likely N-dealkylation sites (tertiary alicyclic amines) is 1. The quantitative estimate of drug-likeness (QED) is 0.298. The Morgan fingerprint density at radius 1 is 1.02 bits per heavy atom. The fourth-order valence-electron chi connectivity index (χ4n) is 8.74. The maximum absolute atomic E-state index is 14.9. The molecule has 17 heteroatoms. The predicted molar refractivity (Wildman–Crippen MR) is 214 cm³/mol. The molecule has 3 aliphatic heterocycles. The highest BCUT2D eigenvalue weighted by Crippen LogP contribution is 2.58. The maximum atomic E-state index is 14.9. The fourth-order valence-corrected chi connectivity index (χ4v) is 11.9.